The van der Waals surface area contributed by atoms with E-state index in [9.17, 15) is 4.79 Å². The highest BCUT2D eigenvalue weighted by atomic mass is 35.5. The van der Waals surface area contributed by atoms with E-state index in [1.807, 2.05) is 11.4 Å². The molecular formula is C14H10Cl2N2O2S. The van der Waals surface area contributed by atoms with Crippen molar-refractivity contribution in [3.8, 4) is 5.75 Å². The fourth-order valence-corrected chi connectivity index (χ4v) is 3.20. The number of rotatable bonds is 4. The number of fused-ring (bicyclic) bond motifs is 1. The molecule has 0 atom stereocenters. The van der Waals surface area contributed by atoms with Crippen molar-refractivity contribution in [3.05, 3.63) is 56.4 Å². The molecule has 0 saturated heterocycles. The summed E-state index contributed by atoms with van der Waals surface area (Å²) in [4.78, 5) is 16.4. The predicted octanol–water partition coefficient (Wildman–Crippen LogP) is 3.84. The van der Waals surface area contributed by atoms with Crippen LogP contribution in [0.15, 0.2) is 40.8 Å². The first-order valence-electron chi connectivity index (χ1n) is 6.16. The van der Waals surface area contributed by atoms with Gasteiger partial charge in [-0.3, -0.25) is 9.36 Å². The van der Waals surface area contributed by atoms with Gasteiger partial charge in [-0.15, -0.1) is 11.3 Å². The van der Waals surface area contributed by atoms with E-state index in [1.165, 1.54) is 22.2 Å². The van der Waals surface area contributed by atoms with Crippen LogP contribution in [0.5, 0.6) is 5.75 Å². The Morgan fingerprint density at radius 1 is 1.24 bits per heavy atom. The fraction of sp³-hybridized carbons (Fsp3) is 0.143. The molecule has 0 saturated carbocycles. The Bertz CT molecular complexity index is 824. The minimum absolute atomic E-state index is 0.0659. The molecule has 0 bridgehead atoms. The first-order chi connectivity index (χ1) is 10.2. The molecule has 1 aromatic carbocycles. The molecule has 0 N–H and O–H groups in total. The lowest BCUT2D eigenvalue weighted by Gasteiger charge is -2.10. The standard InChI is InChI=1S/C14H10Cl2N2O2S/c15-9-2-1-3-10(16)12(9)20-6-5-18-8-17-11-4-7-21-13(11)14(18)19/h1-4,7-8H,5-6H2. The summed E-state index contributed by atoms with van der Waals surface area (Å²) in [5.41, 5.74) is 0.653. The van der Waals surface area contributed by atoms with Crippen LogP contribution < -0.4 is 10.3 Å². The number of benzene rings is 1. The van der Waals surface area contributed by atoms with E-state index in [2.05, 4.69) is 4.98 Å². The van der Waals surface area contributed by atoms with Crippen LogP contribution in [0.25, 0.3) is 10.2 Å². The predicted molar refractivity (Wildman–Crippen MR) is 85.8 cm³/mol. The molecule has 0 spiro atoms. The van der Waals surface area contributed by atoms with Crippen molar-refractivity contribution in [1.29, 1.82) is 0 Å². The molecule has 0 amide bonds. The van der Waals surface area contributed by atoms with Crippen molar-refractivity contribution in [2.45, 2.75) is 6.54 Å². The number of aromatic nitrogens is 2. The summed E-state index contributed by atoms with van der Waals surface area (Å²) in [6, 6.07) is 6.98. The van der Waals surface area contributed by atoms with Crippen LogP contribution in [0.3, 0.4) is 0 Å². The number of halogens is 2. The Hall–Kier alpha value is -1.56. The zero-order valence-electron chi connectivity index (χ0n) is 10.8. The Kier molecular flexibility index (Phi) is 4.14. The average Bonchev–Trinajstić information content (AvgIpc) is 2.93. The lowest BCUT2D eigenvalue weighted by atomic mass is 10.3. The summed E-state index contributed by atoms with van der Waals surface area (Å²) in [5, 5.41) is 2.74. The van der Waals surface area contributed by atoms with Crippen LogP contribution in [0.4, 0.5) is 0 Å². The Morgan fingerprint density at radius 3 is 2.76 bits per heavy atom. The van der Waals surface area contributed by atoms with Gasteiger partial charge in [-0.1, -0.05) is 29.3 Å². The first kappa shape index (κ1) is 14.4. The molecule has 4 nitrogen and oxygen atoms in total. The van der Waals surface area contributed by atoms with Crippen molar-refractivity contribution >= 4 is 44.8 Å². The van der Waals surface area contributed by atoms with E-state index < -0.39 is 0 Å². The summed E-state index contributed by atoms with van der Waals surface area (Å²) < 4.78 is 7.74. The van der Waals surface area contributed by atoms with Crippen molar-refractivity contribution in [2.75, 3.05) is 6.61 Å². The van der Waals surface area contributed by atoms with E-state index in [4.69, 9.17) is 27.9 Å². The molecule has 3 rings (SSSR count). The summed E-state index contributed by atoms with van der Waals surface area (Å²) in [7, 11) is 0. The Labute approximate surface area is 134 Å². The summed E-state index contributed by atoms with van der Waals surface area (Å²) >= 11 is 13.4. The third-order valence-corrected chi connectivity index (χ3v) is 4.42. The van der Waals surface area contributed by atoms with Gasteiger partial charge in [0.2, 0.25) is 0 Å². The summed E-state index contributed by atoms with van der Waals surface area (Å²) in [6.45, 7) is 0.656. The monoisotopic (exact) mass is 340 g/mol. The molecule has 2 heterocycles. The molecule has 2 aromatic heterocycles. The minimum atomic E-state index is -0.0659. The van der Waals surface area contributed by atoms with Crippen LogP contribution in [-0.2, 0) is 6.54 Å². The second kappa shape index (κ2) is 6.05. The van der Waals surface area contributed by atoms with Crippen molar-refractivity contribution in [2.24, 2.45) is 0 Å². The highest BCUT2D eigenvalue weighted by Gasteiger charge is 2.08. The first-order valence-corrected chi connectivity index (χ1v) is 7.80. The smallest absolute Gasteiger partial charge is 0.271 e. The Balaban J connectivity index is 1.75. The molecule has 0 unspecified atom stereocenters. The quantitative estimate of drug-likeness (QED) is 0.724. The van der Waals surface area contributed by atoms with E-state index >= 15 is 0 Å². The van der Waals surface area contributed by atoms with Crippen molar-refractivity contribution in [3.63, 3.8) is 0 Å². The van der Waals surface area contributed by atoms with E-state index in [0.29, 0.717) is 27.0 Å². The van der Waals surface area contributed by atoms with Gasteiger partial charge in [0.05, 0.1) is 28.4 Å². The maximum atomic E-state index is 12.2. The lowest BCUT2D eigenvalue weighted by molar-refractivity contribution is 0.296. The molecule has 0 aliphatic heterocycles. The van der Waals surface area contributed by atoms with E-state index in [-0.39, 0.29) is 12.2 Å². The second-order valence-electron chi connectivity index (χ2n) is 4.28. The van der Waals surface area contributed by atoms with Gasteiger partial charge in [0.25, 0.3) is 5.56 Å². The number of nitrogens with zero attached hydrogens (tertiary/aromatic N) is 2. The SMILES string of the molecule is O=c1c2sccc2ncn1CCOc1c(Cl)cccc1Cl. The number of para-hydroxylation sites is 1. The third kappa shape index (κ3) is 2.90. The molecule has 108 valence electrons. The van der Waals surface area contributed by atoms with Crippen molar-refractivity contribution in [1.82, 2.24) is 9.55 Å². The highest BCUT2D eigenvalue weighted by molar-refractivity contribution is 7.17. The van der Waals surface area contributed by atoms with Crippen LogP contribution in [0, 0.1) is 0 Å². The molecule has 0 radical (unpaired) electrons. The van der Waals surface area contributed by atoms with Crippen LogP contribution in [-0.4, -0.2) is 16.2 Å². The van der Waals surface area contributed by atoms with Crippen molar-refractivity contribution < 1.29 is 4.74 Å². The summed E-state index contributed by atoms with van der Waals surface area (Å²) in [5.74, 6) is 0.430. The maximum absolute atomic E-state index is 12.2. The van der Waals surface area contributed by atoms with Gasteiger partial charge in [-0.05, 0) is 23.6 Å². The normalized spacial score (nSPS) is 11.0. The zero-order valence-corrected chi connectivity index (χ0v) is 13.1. The van der Waals surface area contributed by atoms with E-state index in [1.54, 1.807) is 18.2 Å². The number of hydrogen-bond donors (Lipinski definition) is 0. The highest BCUT2D eigenvalue weighted by Crippen LogP contribution is 2.32. The molecule has 7 heteroatoms. The van der Waals surface area contributed by atoms with Gasteiger partial charge in [0.15, 0.2) is 5.75 Å². The molecule has 0 fully saturated rings. The van der Waals surface area contributed by atoms with Gasteiger partial charge < -0.3 is 4.74 Å². The van der Waals surface area contributed by atoms with Crippen LogP contribution in [0.1, 0.15) is 0 Å². The topological polar surface area (TPSA) is 44.1 Å². The van der Waals surface area contributed by atoms with Gasteiger partial charge in [-0.2, -0.15) is 0 Å². The maximum Gasteiger partial charge on any atom is 0.271 e. The second-order valence-corrected chi connectivity index (χ2v) is 6.01. The van der Waals surface area contributed by atoms with Gasteiger partial charge >= 0.3 is 0 Å². The molecular weight excluding hydrogens is 331 g/mol. The van der Waals surface area contributed by atoms with Crippen LogP contribution >= 0.6 is 34.5 Å². The number of ether oxygens (including phenoxy) is 1. The molecule has 0 aliphatic rings. The summed E-state index contributed by atoms with van der Waals surface area (Å²) in [6.07, 6.45) is 1.52. The van der Waals surface area contributed by atoms with Gasteiger partial charge in [-0.25, -0.2) is 4.98 Å². The number of hydrogen-bond acceptors (Lipinski definition) is 4. The fourth-order valence-electron chi connectivity index (χ4n) is 1.90. The third-order valence-electron chi connectivity index (χ3n) is 2.93. The lowest BCUT2D eigenvalue weighted by Crippen LogP contribution is -2.22. The van der Waals surface area contributed by atoms with Crippen LogP contribution in [0.2, 0.25) is 10.0 Å². The molecule has 21 heavy (non-hydrogen) atoms. The Morgan fingerprint density at radius 2 is 2.00 bits per heavy atom. The van der Waals surface area contributed by atoms with Gasteiger partial charge in [0, 0.05) is 0 Å². The van der Waals surface area contributed by atoms with Gasteiger partial charge in [0.1, 0.15) is 11.3 Å². The van der Waals surface area contributed by atoms with E-state index in [0.717, 1.165) is 5.52 Å². The molecule has 3 aromatic rings. The largest absolute Gasteiger partial charge is 0.489 e. The number of thiophene rings is 1. The minimum Gasteiger partial charge on any atom is -0.489 e. The zero-order chi connectivity index (χ0) is 14.8. The molecule has 0 aliphatic carbocycles. The average molecular weight is 341 g/mol.